The van der Waals surface area contributed by atoms with Gasteiger partial charge in [-0.15, -0.1) is 0 Å². The van der Waals surface area contributed by atoms with Crippen LogP contribution in [0.3, 0.4) is 0 Å². The van der Waals surface area contributed by atoms with E-state index in [0.29, 0.717) is 11.3 Å². The molecule has 0 aliphatic carbocycles. The molecule has 0 amide bonds. The number of carbonyl (C=O) groups is 1. The lowest BCUT2D eigenvalue weighted by molar-refractivity contribution is -0.385. The molecule has 0 N–H and O–H groups in total. The van der Waals surface area contributed by atoms with Crippen LogP contribution in [0.2, 0.25) is 0 Å². The second-order valence-electron chi connectivity index (χ2n) is 4.69. The van der Waals surface area contributed by atoms with Crippen molar-refractivity contribution in [3.8, 4) is 11.6 Å². The van der Waals surface area contributed by atoms with Crippen molar-refractivity contribution in [2.45, 2.75) is 20.0 Å². The monoisotopic (exact) mass is 302 g/mol. The maximum atomic E-state index is 11.7. The van der Waals surface area contributed by atoms with E-state index in [4.69, 9.17) is 9.47 Å². The third-order valence-corrected chi connectivity index (χ3v) is 2.59. The average Bonchev–Trinajstić information content (AvgIpc) is 2.48. The molecule has 0 atom stereocenters. The molecule has 1 aromatic heterocycles. The van der Waals surface area contributed by atoms with Gasteiger partial charge in [0, 0.05) is 12.1 Å². The number of nitrogens with zero attached hydrogens (tertiary/aromatic N) is 2. The Balaban J connectivity index is 2.04. The van der Waals surface area contributed by atoms with Crippen molar-refractivity contribution in [2.24, 2.45) is 0 Å². The number of ether oxygens (including phenoxy) is 2. The Morgan fingerprint density at radius 3 is 2.36 bits per heavy atom. The standard InChI is InChI=1S/C15H14N2O5/c1-10(2)21-15(18)11-3-6-13(7-4-11)22-14-8-5-12(9-16-14)17(19)20/h3-10H,1-2H3. The largest absolute Gasteiger partial charge is 0.459 e. The zero-order valence-corrected chi connectivity index (χ0v) is 12.1. The third-order valence-electron chi connectivity index (χ3n) is 2.59. The van der Waals surface area contributed by atoms with E-state index in [1.54, 1.807) is 38.1 Å². The van der Waals surface area contributed by atoms with Crippen molar-refractivity contribution in [3.05, 3.63) is 58.3 Å². The second-order valence-corrected chi connectivity index (χ2v) is 4.69. The van der Waals surface area contributed by atoms with E-state index in [2.05, 4.69) is 4.98 Å². The molecular formula is C15H14N2O5. The van der Waals surface area contributed by atoms with Gasteiger partial charge >= 0.3 is 5.97 Å². The van der Waals surface area contributed by atoms with Crippen LogP contribution in [-0.4, -0.2) is 22.0 Å². The normalized spacial score (nSPS) is 10.3. The van der Waals surface area contributed by atoms with Crippen molar-refractivity contribution in [1.82, 2.24) is 4.98 Å². The van der Waals surface area contributed by atoms with E-state index >= 15 is 0 Å². The number of benzene rings is 1. The first-order valence-corrected chi connectivity index (χ1v) is 6.55. The van der Waals surface area contributed by atoms with Gasteiger partial charge in [-0.2, -0.15) is 0 Å². The molecule has 7 heteroatoms. The first kappa shape index (κ1) is 15.4. The highest BCUT2D eigenvalue weighted by atomic mass is 16.6. The molecule has 1 aromatic carbocycles. The van der Waals surface area contributed by atoms with Gasteiger partial charge in [0.15, 0.2) is 0 Å². The lowest BCUT2D eigenvalue weighted by atomic mass is 10.2. The van der Waals surface area contributed by atoms with E-state index in [9.17, 15) is 14.9 Å². The number of hydrogen-bond donors (Lipinski definition) is 0. The minimum Gasteiger partial charge on any atom is -0.459 e. The predicted molar refractivity (Wildman–Crippen MR) is 78.0 cm³/mol. The Bertz CT molecular complexity index is 665. The summed E-state index contributed by atoms with van der Waals surface area (Å²) in [4.78, 5) is 25.5. The molecule has 0 unspecified atom stereocenters. The number of nitro groups is 1. The Kier molecular flexibility index (Phi) is 4.67. The summed E-state index contributed by atoms with van der Waals surface area (Å²) in [5, 5.41) is 10.5. The lowest BCUT2D eigenvalue weighted by Gasteiger charge is -2.08. The summed E-state index contributed by atoms with van der Waals surface area (Å²) in [5.41, 5.74) is 0.303. The van der Waals surface area contributed by atoms with Gasteiger partial charge in [0.25, 0.3) is 5.69 Å². The van der Waals surface area contributed by atoms with E-state index in [0.717, 1.165) is 6.20 Å². The molecule has 0 radical (unpaired) electrons. The molecule has 0 fully saturated rings. The summed E-state index contributed by atoms with van der Waals surface area (Å²) in [7, 11) is 0. The summed E-state index contributed by atoms with van der Waals surface area (Å²) < 4.78 is 10.5. The van der Waals surface area contributed by atoms with Crippen LogP contribution in [0.15, 0.2) is 42.6 Å². The number of pyridine rings is 1. The highest BCUT2D eigenvalue weighted by molar-refractivity contribution is 5.89. The molecule has 0 saturated carbocycles. The van der Waals surface area contributed by atoms with E-state index in [1.807, 2.05) is 0 Å². The van der Waals surface area contributed by atoms with Crippen molar-refractivity contribution >= 4 is 11.7 Å². The SMILES string of the molecule is CC(C)OC(=O)c1ccc(Oc2ccc([N+](=O)[O-])cn2)cc1. The second kappa shape index (κ2) is 6.66. The van der Waals surface area contributed by atoms with Gasteiger partial charge in [-0.25, -0.2) is 9.78 Å². The fourth-order valence-corrected chi connectivity index (χ4v) is 1.60. The topological polar surface area (TPSA) is 91.6 Å². The van der Waals surface area contributed by atoms with Crippen LogP contribution in [0.1, 0.15) is 24.2 Å². The van der Waals surface area contributed by atoms with Gasteiger partial charge in [0.05, 0.1) is 16.6 Å². The van der Waals surface area contributed by atoms with Crippen LogP contribution in [0.25, 0.3) is 0 Å². The fourth-order valence-electron chi connectivity index (χ4n) is 1.60. The number of carbonyl (C=O) groups excluding carboxylic acids is 1. The quantitative estimate of drug-likeness (QED) is 0.478. The van der Waals surface area contributed by atoms with E-state index in [1.165, 1.54) is 12.1 Å². The van der Waals surface area contributed by atoms with Crippen molar-refractivity contribution in [3.63, 3.8) is 0 Å². The lowest BCUT2D eigenvalue weighted by Crippen LogP contribution is -2.11. The molecule has 2 rings (SSSR count). The molecule has 0 aliphatic rings. The molecule has 2 aromatic rings. The highest BCUT2D eigenvalue weighted by Gasteiger charge is 2.10. The number of hydrogen-bond acceptors (Lipinski definition) is 6. The summed E-state index contributed by atoms with van der Waals surface area (Å²) in [6, 6.07) is 9.05. The van der Waals surface area contributed by atoms with Gasteiger partial charge in [-0.05, 0) is 38.1 Å². The predicted octanol–water partition coefficient (Wildman–Crippen LogP) is 3.35. The van der Waals surface area contributed by atoms with Crippen LogP contribution < -0.4 is 4.74 Å². The van der Waals surface area contributed by atoms with Crippen LogP contribution in [0.4, 0.5) is 5.69 Å². The van der Waals surface area contributed by atoms with Gasteiger partial charge in [0.1, 0.15) is 11.9 Å². The molecular weight excluding hydrogens is 288 g/mol. The van der Waals surface area contributed by atoms with E-state index < -0.39 is 10.9 Å². The Labute approximate surface area is 126 Å². The van der Waals surface area contributed by atoms with Crippen molar-refractivity contribution < 1.29 is 19.2 Å². The van der Waals surface area contributed by atoms with Crippen molar-refractivity contribution in [2.75, 3.05) is 0 Å². The fraction of sp³-hybridized carbons (Fsp3) is 0.200. The molecule has 1 heterocycles. The Morgan fingerprint density at radius 2 is 1.86 bits per heavy atom. The van der Waals surface area contributed by atoms with Crippen molar-refractivity contribution in [1.29, 1.82) is 0 Å². The van der Waals surface area contributed by atoms with Gasteiger partial charge < -0.3 is 9.47 Å². The number of rotatable bonds is 5. The van der Waals surface area contributed by atoms with Crippen LogP contribution in [-0.2, 0) is 4.74 Å². The first-order chi connectivity index (χ1) is 10.5. The maximum absolute atomic E-state index is 11.7. The van der Waals surface area contributed by atoms with Crippen LogP contribution >= 0.6 is 0 Å². The van der Waals surface area contributed by atoms with Gasteiger partial charge in [0.2, 0.25) is 5.88 Å². The minimum atomic E-state index is -0.536. The highest BCUT2D eigenvalue weighted by Crippen LogP contribution is 2.21. The maximum Gasteiger partial charge on any atom is 0.338 e. The summed E-state index contributed by atoms with van der Waals surface area (Å²) in [5.74, 6) is 0.278. The molecule has 0 aliphatic heterocycles. The molecule has 7 nitrogen and oxygen atoms in total. The molecule has 0 spiro atoms. The smallest absolute Gasteiger partial charge is 0.338 e. The Morgan fingerprint density at radius 1 is 1.18 bits per heavy atom. The van der Waals surface area contributed by atoms with Gasteiger partial charge in [-0.3, -0.25) is 10.1 Å². The minimum absolute atomic E-state index is 0.112. The number of aromatic nitrogens is 1. The molecule has 0 bridgehead atoms. The summed E-state index contributed by atoms with van der Waals surface area (Å²) >= 11 is 0. The molecule has 0 saturated heterocycles. The Hall–Kier alpha value is -2.96. The first-order valence-electron chi connectivity index (χ1n) is 6.55. The zero-order valence-electron chi connectivity index (χ0n) is 12.1. The molecule has 114 valence electrons. The van der Waals surface area contributed by atoms with Crippen LogP contribution in [0.5, 0.6) is 11.6 Å². The number of esters is 1. The zero-order chi connectivity index (χ0) is 16.1. The third kappa shape index (κ3) is 4.02. The van der Waals surface area contributed by atoms with Gasteiger partial charge in [-0.1, -0.05) is 0 Å². The van der Waals surface area contributed by atoms with E-state index in [-0.39, 0.29) is 17.7 Å². The summed E-state index contributed by atoms with van der Waals surface area (Å²) in [6.45, 7) is 3.55. The van der Waals surface area contributed by atoms with Crippen LogP contribution in [0, 0.1) is 10.1 Å². The average molecular weight is 302 g/mol. The summed E-state index contributed by atoms with van der Waals surface area (Å²) in [6.07, 6.45) is 0.928. The molecule has 22 heavy (non-hydrogen) atoms.